The van der Waals surface area contributed by atoms with Crippen molar-refractivity contribution >= 4 is 101 Å². The Balaban J connectivity index is 1.26. The minimum atomic E-state index is -2.28. The Morgan fingerprint density at radius 2 is 1.16 bits per heavy atom. The van der Waals surface area contributed by atoms with Gasteiger partial charge in [-0.15, -0.1) is 11.3 Å². The Morgan fingerprint density at radius 1 is 0.565 bits per heavy atom. The van der Waals surface area contributed by atoms with Gasteiger partial charge in [0.2, 0.25) is 0 Å². The number of benzene rings is 7. The summed E-state index contributed by atoms with van der Waals surface area (Å²) in [5.41, 5.74) is 22.7. The van der Waals surface area contributed by atoms with E-state index in [1.807, 2.05) is 11.3 Å². The van der Waals surface area contributed by atoms with E-state index in [0.29, 0.717) is 0 Å². The number of hydrogen-bond acceptors (Lipinski definition) is 2. The highest BCUT2D eigenvalue weighted by atomic mass is 32.1. The Bertz CT molecular complexity index is 3760. The topological polar surface area (TPSA) is 8.17 Å². The summed E-state index contributed by atoms with van der Waals surface area (Å²) < 4.78 is 5.51. The highest BCUT2D eigenvalue weighted by Gasteiger charge is 2.51. The lowest BCUT2D eigenvalue weighted by atomic mass is 9.43. The average molecular weight is 935 g/mol. The van der Waals surface area contributed by atoms with E-state index in [2.05, 4.69) is 222 Å². The second-order valence-corrected chi connectivity index (χ2v) is 31.8. The van der Waals surface area contributed by atoms with Crippen LogP contribution >= 0.6 is 11.3 Å². The van der Waals surface area contributed by atoms with Crippen molar-refractivity contribution in [3.05, 3.63) is 137 Å². The highest BCUT2D eigenvalue weighted by molar-refractivity contribution is 7.26. The molecule has 0 radical (unpaired) electrons. The van der Waals surface area contributed by atoms with Crippen molar-refractivity contribution in [2.45, 2.75) is 143 Å². The van der Waals surface area contributed by atoms with Crippen LogP contribution < -0.4 is 26.1 Å². The Labute approximate surface area is 415 Å². The SMILES string of the molecule is CC(C)(C)c1ccc(N2B3c4cc(C(C)(C)C)ccc4-n4c5ccc(C(C)(C)C)cc5c5c6c(c(c3c54)-c3cc4c(cc32)sc2cc3c(cc24)C(C)(C)CCC3(C)C)-c2ccccc2[Si]6(C)C)cc1. The number of thiophene rings is 1. The molecule has 0 saturated heterocycles. The third kappa shape index (κ3) is 5.84. The molecule has 5 heteroatoms. The summed E-state index contributed by atoms with van der Waals surface area (Å²) >= 11 is 2.00. The van der Waals surface area contributed by atoms with Crippen LogP contribution in [-0.4, -0.2) is 19.5 Å². The van der Waals surface area contributed by atoms with Gasteiger partial charge in [0, 0.05) is 53.6 Å². The molecule has 9 aromatic rings. The number of hydrogen-bond donors (Lipinski definition) is 0. The van der Waals surface area contributed by atoms with Gasteiger partial charge in [-0.1, -0.05) is 158 Å². The van der Waals surface area contributed by atoms with Gasteiger partial charge in [-0.2, -0.15) is 0 Å². The van der Waals surface area contributed by atoms with Gasteiger partial charge in [0.05, 0.1) is 11.0 Å². The van der Waals surface area contributed by atoms with Crippen molar-refractivity contribution < 1.29 is 0 Å². The molecule has 0 spiro atoms. The molecule has 0 fully saturated rings. The zero-order chi connectivity index (χ0) is 48.4. The molecule has 2 nitrogen and oxygen atoms in total. The molecule has 0 saturated carbocycles. The van der Waals surface area contributed by atoms with E-state index in [9.17, 15) is 0 Å². The first-order chi connectivity index (χ1) is 32.4. The average Bonchev–Trinajstić information content (AvgIpc) is 3.90. The maximum atomic E-state index is 2.79. The molecule has 0 unspecified atom stereocenters. The first-order valence-corrected chi connectivity index (χ1v) is 29.6. The molecule has 0 atom stereocenters. The van der Waals surface area contributed by atoms with E-state index >= 15 is 0 Å². The number of anilines is 2. The smallest absolute Gasteiger partial charge is 0.333 e. The summed E-state index contributed by atoms with van der Waals surface area (Å²) in [6, 6.07) is 44.7. The first kappa shape index (κ1) is 43.6. The van der Waals surface area contributed by atoms with Crippen LogP contribution in [0.4, 0.5) is 11.4 Å². The molecule has 3 aliphatic heterocycles. The van der Waals surface area contributed by atoms with E-state index in [1.165, 1.54) is 133 Å². The normalized spacial score (nSPS) is 17.4. The van der Waals surface area contributed by atoms with Crippen LogP contribution in [0.15, 0.2) is 109 Å². The molecule has 5 heterocycles. The van der Waals surface area contributed by atoms with E-state index in [1.54, 1.807) is 10.4 Å². The predicted octanol–water partition coefficient (Wildman–Crippen LogP) is 15.4. The van der Waals surface area contributed by atoms with E-state index in [0.717, 1.165) is 0 Å². The zero-order valence-electron chi connectivity index (χ0n) is 43.7. The molecule has 2 aromatic heterocycles. The molecule has 1 aliphatic carbocycles. The van der Waals surface area contributed by atoms with Crippen molar-refractivity contribution in [3.8, 4) is 27.9 Å². The summed E-state index contributed by atoms with van der Waals surface area (Å²) in [4.78, 5) is 2.79. The second kappa shape index (κ2) is 13.5. The quantitative estimate of drug-likeness (QED) is 0.149. The minimum Gasteiger partial charge on any atom is -0.376 e. The molecule has 0 amide bonds. The summed E-state index contributed by atoms with van der Waals surface area (Å²) in [7, 11) is -2.28. The van der Waals surface area contributed by atoms with Crippen LogP contribution in [0.1, 0.15) is 131 Å². The van der Waals surface area contributed by atoms with Crippen molar-refractivity contribution in [3.63, 3.8) is 0 Å². The monoisotopic (exact) mass is 934 g/mol. The van der Waals surface area contributed by atoms with Gasteiger partial charge < -0.3 is 9.38 Å². The summed E-state index contributed by atoms with van der Waals surface area (Å²) in [5.74, 6) is 0. The standard InChI is InChI=1S/C64H67BN2SSi/c1-60(2,3)36-20-24-39(25-21-36)67-50-35-52-41(42-33-45-46(34-51(42)68-52)64(12,13)29-28-63(45,10)11)32-44(50)54-55-40-18-16-17-19-53(40)69(14,15)59(55)56-43-30-37(61(4,5)6)22-26-48(43)66-49-27-23-38(62(7,8)9)31-47(49)65(67)57(54)58(56)66/h16-27,30-35H,28-29H2,1-15H3. The molecule has 7 aromatic carbocycles. The number of aromatic nitrogens is 1. The molecule has 346 valence electrons. The van der Waals surface area contributed by atoms with Gasteiger partial charge in [-0.3, -0.25) is 0 Å². The molecule has 69 heavy (non-hydrogen) atoms. The summed E-state index contributed by atoms with van der Waals surface area (Å²) in [5, 5.41) is 8.86. The Morgan fingerprint density at radius 3 is 1.84 bits per heavy atom. The molecule has 0 bridgehead atoms. The van der Waals surface area contributed by atoms with Crippen LogP contribution in [0.2, 0.25) is 13.1 Å². The Hall–Kier alpha value is -5.36. The fraction of sp³-hybridized carbons (Fsp3) is 0.344. The summed E-state index contributed by atoms with van der Waals surface area (Å²) in [6.07, 6.45) is 2.42. The van der Waals surface area contributed by atoms with E-state index in [4.69, 9.17) is 0 Å². The first-order valence-electron chi connectivity index (χ1n) is 25.8. The lowest BCUT2D eigenvalue weighted by Gasteiger charge is -2.43. The molecule has 0 N–H and O–H groups in total. The fourth-order valence-electron chi connectivity index (χ4n) is 13.5. The lowest BCUT2D eigenvalue weighted by molar-refractivity contribution is 0.332. The molecular formula is C64H67BN2SSi. The fourth-order valence-corrected chi connectivity index (χ4v) is 18.1. The van der Waals surface area contributed by atoms with Gasteiger partial charge in [0.25, 0.3) is 0 Å². The zero-order valence-corrected chi connectivity index (χ0v) is 45.5. The van der Waals surface area contributed by atoms with Crippen LogP contribution in [0.25, 0.3) is 69.9 Å². The minimum absolute atomic E-state index is 0.00594. The number of fused-ring (bicyclic) bond motifs is 17. The van der Waals surface area contributed by atoms with Crippen molar-refractivity contribution in [1.82, 2.24) is 4.57 Å². The van der Waals surface area contributed by atoms with Gasteiger partial charge in [0.1, 0.15) is 8.07 Å². The summed E-state index contributed by atoms with van der Waals surface area (Å²) in [6.45, 7) is 36.4. The number of nitrogens with zero attached hydrogens (tertiary/aromatic N) is 2. The van der Waals surface area contributed by atoms with Crippen molar-refractivity contribution in [2.75, 3.05) is 4.81 Å². The van der Waals surface area contributed by atoms with E-state index in [-0.39, 0.29) is 33.9 Å². The van der Waals surface area contributed by atoms with Crippen LogP contribution in [0.5, 0.6) is 0 Å². The van der Waals surface area contributed by atoms with E-state index < -0.39 is 8.07 Å². The Kier molecular flexibility index (Phi) is 8.56. The van der Waals surface area contributed by atoms with Gasteiger partial charge in [0.15, 0.2) is 0 Å². The van der Waals surface area contributed by atoms with Crippen molar-refractivity contribution in [1.29, 1.82) is 0 Å². The van der Waals surface area contributed by atoms with Gasteiger partial charge >= 0.3 is 6.85 Å². The maximum absolute atomic E-state index is 2.79. The molecule has 4 aliphatic rings. The van der Waals surface area contributed by atoms with Crippen LogP contribution in [0.3, 0.4) is 0 Å². The number of rotatable bonds is 1. The molecular weight excluding hydrogens is 868 g/mol. The second-order valence-electron chi connectivity index (χ2n) is 26.5. The van der Waals surface area contributed by atoms with Crippen LogP contribution in [-0.2, 0) is 27.1 Å². The van der Waals surface area contributed by atoms with Crippen molar-refractivity contribution in [2.24, 2.45) is 0 Å². The largest absolute Gasteiger partial charge is 0.376 e. The van der Waals surface area contributed by atoms with Crippen LogP contribution in [0, 0.1) is 0 Å². The van der Waals surface area contributed by atoms with Gasteiger partial charge in [-0.05, 0) is 160 Å². The highest BCUT2D eigenvalue weighted by Crippen LogP contribution is 2.54. The maximum Gasteiger partial charge on any atom is 0.333 e. The molecule has 13 rings (SSSR count). The van der Waals surface area contributed by atoms with Gasteiger partial charge in [-0.25, -0.2) is 0 Å². The third-order valence-electron chi connectivity index (χ3n) is 17.7. The lowest BCUT2D eigenvalue weighted by Crippen LogP contribution is -2.61. The third-order valence-corrected chi connectivity index (χ3v) is 22.3. The predicted molar refractivity (Wildman–Crippen MR) is 306 cm³/mol.